The van der Waals surface area contributed by atoms with Crippen molar-refractivity contribution >= 4 is 11.8 Å². The van der Waals surface area contributed by atoms with Crippen LogP contribution < -0.4 is 5.73 Å². The molecule has 2 rings (SSSR count). The second-order valence-corrected chi connectivity index (χ2v) is 4.28. The van der Waals surface area contributed by atoms with E-state index in [0.717, 1.165) is 5.69 Å². The second-order valence-electron chi connectivity index (χ2n) is 4.28. The molecule has 1 aliphatic rings. The van der Waals surface area contributed by atoms with Gasteiger partial charge in [0.1, 0.15) is 0 Å². The van der Waals surface area contributed by atoms with Gasteiger partial charge in [-0.2, -0.15) is 0 Å². The Morgan fingerprint density at radius 2 is 2.35 bits per heavy atom. The number of rotatable bonds is 3. The minimum absolute atomic E-state index is 0.0352. The van der Waals surface area contributed by atoms with Gasteiger partial charge in [0.05, 0.1) is 17.7 Å². The van der Waals surface area contributed by atoms with Crippen LogP contribution in [0.15, 0.2) is 24.4 Å². The maximum absolute atomic E-state index is 11.8. The van der Waals surface area contributed by atoms with Gasteiger partial charge in [0.15, 0.2) is 0 Å². The van der Waals surface area contributed by atoms with Crippen molar-refractivity contribution in [2.45, 2.75) is 19.4 Å². The number of primary amides is 1. The number of carbonyl (C=O) groups is 2. The van der Waals surface area contributed by atoms with Crippen LogP contribution in [0.5, 0.6) is 0 Å². The number of pyridine rings is 1. The summed E-state index contributed by atoms with van der Waals surface area (Å²) in [5, 5.41) is 0. The van der Waals surface area contributed by atoms with Gasteiger partial charge in [0, 0.05) is 19.2 Å². The predicted octanol–water partition coefficient (Wildman–Crippen LogP) is 0.476. The molecule has 1 saturated heterocycles. The van der Waals surface area contributed by atoms with E-state index >= 15 is 0 Å². The van der Waals surface area contributed by atoms with Crippen molar-refractivity contribution in [3.05, 3.63) is 30.1 Å². The Labute approximate surface area is 99.6 Å². The van der Waals surface area contributed by atoms with E-state index in [1.54, 1.807) is 11.1 Å². The van der Waals surface area contributed by atoms with Crippen LogP contribution in [0, 0.1) is 5.92 Å². The Hall–Kier alpha value is -1.91. The first-order valence-corrected chi connectivity index (χ1v) is 5.59. The lowest BCUT2D eigenvalue weighted by Crippen LogP contribution is -2.31. The fraction of sp³-hybridized carbons (Fsp3) is 0.417. The van der Waals surface area contributed by atoms with Gasteiger partial charge in [-0.05, 0) is 19.1 Å². The van der Waals surface area contributed by atoms with Crippen molar-refractivity contribution in [2.24, 2.45) is 11.7 Å². The van der Waals surface area contributed by atoms with Crippen LogP contribution in [0.2, 0.25) is 0 Å². The summed E-state index contributed by atoms with van der Waals surface area (Å²) in [6.07, 6.45) is 1.91. The molecule has 1 aromatic rings. The van der Waals surface area contributed by atoms with Crippen LogP contribution in [0.25, 0.3) is 0 Å². The fourth-order valence-corrected chi connectivity index (χ4v) is 2.08. The van der Waals surface area contributed by atoms with Crippen molar-refractivity contribution in [1.29, 1.82) is 0 Å². The molecule has 5 nitrogen and oxygen atoms in total. The van der Waals surface area contributed by atoms with Gasteiger partial charge in [-0.25, -0.2) is 0 Å². The number of amides is 2. The van der Waals surface area contributed by atoms with Crippen molar-refractivity contribution in [1.82, 2.24) is 9.88 Å². The van der Waals surface area contributed by atoms with Gasteiger partial charge in [-0.15, -0.1) is 0 Å². The number of hydrogen-bond donors (Lipinski definition) is 1. The van der Waals surface area contributed by atoms with E-state index in [1.807, 2.05) is 25.1 Å². The maximum atomic E-state index is 11.8. The quantitative estimate of drug-likeness (QED) is 0.824. The second kappa shape index (κ2) is 4.53. The van der Waals surface area contributed by atoms with Gasteiger partial charge in [-0.3, -0.25) is 14.6 Å². The Kier molecular flexibility index (Phi) is 3.08. The highest BCUT2D eigenvalue weighted by Gasteiger charge is 2.36. The number of likely N-dealkylation sites (tertiary alicyclic amines) is 1. The molecule has 2 heterocycles. The summed E-state index contributed by atoms with van der Waals surface area (Å²) >= 11 is 0. The fourth-order valence-electron chi connectivity index (χ4n) is 2.08. The molecule has 2 unspecified atom stereocenters. The Bertz CT molecular complexity index is 433. The van der Waals surface area contributed by atoms with Crippen LogP contribution >= 0.6 is 0 Å². The minimum Gasteiger partial charge on any atom is -0.369 e. The third kappa shape index (κ3) is 2.27. The van der Waals surface area contributed by atoms with Crippen LogP contribution in [-0.4, -0.2) is 28.2 Å². The molecule has 2 N–H and O–H groups in total. The average Bonchev–Trinajstić information content (AvgIpc) is 2.72. The SMILES string of the molecule is CC(c1ccccn1)N1CC(C(N)=O)CC1=O. The highest BCUT2D eigenvalue weighted by molar-refractivity contribution is 5.88. The molecule has 5 heteroatoms. The van der Waals surface area contributed by atoms with Gasteiger partial charge < -0.3 is 10.6 Å². The highest BCUT2D eigenvalue weighted by Crippen LogP contribution is 2.27. The molecule has 0 bridgehead atoms. The number of carbonyl (C=O) groups excluding carboxylic acids is 2. The van der Waals surface area contributed by atoms with Gasteiger partial charge in [0.2, 0.25) is 11.8 Å². The summed E-state index contributed by atoms with van der Waals surface area (Å²) in [6.45, 7) is 2.30. The lowest BCUT2D eigenvalue weighted by molar-refractivity contribution is -0.130. The summed E-state index contributed by atoms with van der Waals surface area (Å²) in [5.41, 5.74) is 6.05. The van der Waals surface area contributed by atoms with Crippen molar-refractivity contribution in [3.8, 4) is 0 Å². The number of nitrogens with two attached hydrogens (primary N) is 1. The monoisotopic (exact) mass is 233 g/mol. The van der Waals surface area contributed by atoms with E-state index < -0.39 is 5.91 Å². The van der Waals surface area contributed by atoms with Crippen molar-refractivity contribution in [2.75, 3.05) is 6.54 Å². The molecule has 0 aliphatic carbocycles. The topological polar surface area (TPSA) is 76.3 Å². The zero-order valence-electron chi connectivity index (χ0n) is 9.67. The molecule has 0 radical (unpaired) electrons. The van der Waals surface area contributed by atoms with Gasteiger partial charge in [0.25, 0.3) is 0 Å². The summed E-state index contributed by atoms with van der Waals surface area (Å²) < 4.78 is 0. The van der Waals surface area contributed by atoms with Crippen LogP contribution in [0.3, 0.4) is 0 Å². The Morgan fingerprint density at radius 3 is 2.88 bits per heavy atom. The molecule has 0 saturated carbocycles. The van der Waals surface area contributed by atoms with E-state index in [2.05, 4.69) is 4.98 Å². The normalized spacial score (nSPS) is 21.6. The average molecular weight is 233 g/mol. The molecule has 2 atom stereocenters. The zero-order chi connectivity index (χ0) is 12.4. The standard InChI is InChI=1S/C12H15N3O2/c1-8(10-4-2-3-5-14-10)15-7-9(12(13)17)6-11(15)16/h2-5,8-9H,6-7H2,1H3,(H2,13,17). The first-order chi connectivity index (χ1) is 8.09. The Morgan fingerprint density at radius 1 is 1.59 bits per heavy atom. The molecule has 17 heavy (non-hydrogen) atoms. The van der Waals surface area contributed by atoms with E-state index in [9.17, 15) is 9.59 Å². The lowest BCUT2D eigenvalue weighted by Gasteiger charge is -2.23. The molecule has 90 valence electrons. The molecule has 1 aromatic heterocycles. The number of aromatic nitrogens is 1. The van der Waals surface area contributed by atoms with E-state index in [-0.39, 0.29) is 24.3 Å². The molecule has 2 amide bonds. The van der Waals surface area contributed by atoms with Crippen LogP contribution in [0.4, 0.5) is 0 Å². The summed E-state index contributed by atoms with van der Waals surface area (Å²) in [7, 11) is 0. The number of nitrogens with zero attached hydrogens (tertiary/aromatic N) is 2. The summed E-state index contributed by atoms with van der Waals surface area (Å²) in [4.78, 5) is 28.8. The largest absolute Gasteiger partial charge is 0.369 e. The maximum Gasteiger partial charge on any atom is 0.224 e. The minimum atomic E-state index is -0.408. The summed E-state index contributed by atoms with van der Waals surface area (Å²) in [5.74, 6) is -0.810. The Balaban J connectivity index is 2.14. The molecular formula is C12H15N3O2. The van der Waals surface area contributed by atoms with Gasteiger partial charge in [-0.1, -0.05) is 6.07 Å². The first-order valence-electron chi connectivity index (χ1n) is 5.59. The molecular weight excluding hydrogens is 218 g/mol. The summed E-state index contributed by atoms with van der Waals surface area (Å²) in [6, 6.07) is 5.46. The van der Waals surface area contributed by atoms with E-state index in [4.69, 9.17) is 5.73 Å². The first kappa shape index (κ1) is 11.6. The number of hydrogen-bond acceptors (Lipinski definition) is 3. The third-order valence-electron chi connectivity index (χ3n) is 3.14. The molecule has 1 aliphatic heterocycles. The lowest BCUT2D eigenvalue weighted by atomic mass is 10.1. The zero-order valence-corrected chi connectivity index (χ0v) is 9.67. The van der Waals surface area contributed by atoms with E-state index in [1.165, 1.54) is 0 Å². The molecule has 0 aromatic carbocycles. The van der Waals surface area contributed by atoms with Crippen LogP contribution in [-0.2, 0) is 9.59 Å². The molecule has 1 fully saturated rings. The molecule has 0 spiro atoms. The van der Waals surface area contributed by atoms with E-state index in [0.29, 0.717) is 6.54 Å². The predicted molar refractivity (Wildman–Crippen MR) is 61.7 cm³/mol. The van der Waals surface area contributed by atoms with Crippen LogP contribution in [0.1, 0.15) is 25.1 Å². The van der Waals surface area contributed by atoms with Gasteiger partial charge >= 0.3 is 0 Å². The highest BCUT2D eigenvalue weighted by atomic mass is 16.2. The smallest absolute Gasteiger partial charge is 0.224 e. The van der Waals surface area contributed by atoms with Crippen molar-refractivity contribution < 1.29 is 9.59 Å². The van der Waals surface area contributed by atoms with Crippen molar-refractivity contribution in [3.63, 3.8) is 0 Å². The third-order valence-corrected chi connectivity index (χ3v) is 3.14.